The van der Waals surface area contributed by atoms with Gasteiger partial charge in [-0.1, -0.05) is 103 Å². The predicted molar refractivity (Wildman–Crippen MR) is 180 cm³/mol. The first-order chi connectivity index (χ1) is 22.0. The number of nitro benzene ring substituents is 1. The van der Waals surface area contributed by atoms with E-state index in [0.717, 1.165) is 18.6 Å². The Morgan fingerprint density at radius 2 is 1.18 bits per heavy atom. The molecule has 0 saturated heterocycles. The number of unbranched alkanes of at least 4 members (excludes halogenated alkanes) is 13. The Kier molecular flexibility index (Phi) is 16.2. The lowest BCUT2D eigenvalue weighted by Crippen LogP contribution is -2.08. The summed E-state index contributed by atoms with van der Waals surface area (Å²) in [5, 5.41) is 11.2. The summed E-state index contributed by atoms with van der Waals surface area (Å²) in [6.45, 7) is 2.92. The van der Waals surface area contributed by atoms with Crippen LogP contribution in [0.5, 0.6) is 11.5 Å². The summed E-state index contributed by atoms with van der Waals surface area (Å²) in [6.07, 6.45) is 21.2. The van der Waals surface area contributed by atoms with E-state index in [2.05, 4.69) is 6.92 Å². The Bertz CT molecular complexity index is 1350. The second-order valence-electron chi connectivity index (χ2n) is 11.4. The van der Waals surface area contributed by atoms with E-state index < -0.39 is 10.9 Å². The van der Waals surface area contributed by atoms with E-state index in [1.54, 1.807) is 54.6 Å². The van der Waals surface area contributed by atoms with Crippen LogP contribution in [0.3, 0.4) is 0 Å². The third-order valence-electron chi connectivity index (χ3n) is 7.75. The average Bonchev–Trinajstić information content (AvgIpc) is 3.06. The number of para-hydroxylation sites is 1. The molecule has 3 aromatic carbocycles. The highest BCUT2D eigenvalue weighted by molar-refractivity contribution is 6.07. The van der Waals surface area contributed by atoms with Crippen LogP contribution in [0, 0.1) is 10.1 Å². The molecule has 0 aliphatic rings. The molecule has 0 bridgehead atoms. The Hall–Kier alpha value is -4.26. The largest absolute Gasteiger partial charge is 0.494 e. The quantitative estimate of drug-likeness (QED) is 0.0213. The van der Waals surface area contributed by atoms with Crippen molar-refractivity contribution in [2.45, 2.75) is 96.8 Å². The maximum absolute atomic E-state index is 12.6. The van der Waals surface area contributed by atoms with Crippen molar-refractivity contribution < 1.29 is 24.0 Å². The smallest absolute Gasteiger partial charge is 0.343 e. The van der Waals surface area contributed by atoms with Crippen molar-refractivity contribution in [2.24, 2.45) is 0 Å². The van der Waals surface area contributed by atoms with Gasteiger partial charge in [0, 0.05) is 11.6 Å². The van der Waals surface area contributed by atoms with Crippen LogP contribution < -0.4 is 9.47 Å². The van der Waals surface area contributed by atoms with Gasteiger partial charge in [0.25, 0.3) is 5.69 Å². The Balaban J connectivity index is 1.29. The van der Waals surface area contributed by atoms with E-state index in [9.17, 15) is 19.7 Å². The molecule has 0 aliphatic carbocycles. The van der Waals surface area contributed by atoms with Crippen LogP contribution in [0.4, 0.5) is 5.69 Å². The summed E-state index contributed by atoms with van der Waals surface area (Å²) in [5.41, 5.74) is 1.03. The standard InChI is InChI=1S/C38H47NO6/c1-2-3-4-5-6-7-8-9-10-11-12-13-14-17-30-44-34-25-22-33(23-26-34)38(41)45-35-27-20-32(21-28-35)37(40)29-24-31-18-15-16-19-36(31)39(42)43/h15-16,18-29H,2-14,17,30H2,1H3/b29-24+. The van der Waals surface area contributed by atoms with Crippen molar-refractivity contribution in [3.05, 3.63) is 106 Å². The minimum atomic E-state index is -0.510. The van der Waals surface area contributed by atoms with Crippen molar-refractivity contribution in [3.8, 4) is 11.5 Å². The number of allylic oxidation sites excluding steroid dienone is 1. The molecular weight excluding hydrogens is 566 g/mol. The van der Waals surface area contributed by atoms with E-state index in [4.69, 9.17) is 9.47 Å². The molecule has 0 N–H and O–H groups in total. The van der Waals surface area contributed by atoms with Gasteiger partial charge >= 0.3 is 5.97 Å². The van der Waals surface area contributed by atoms with Crippen LogP contribution in [0.25, 0.3) is 6.08 Å². The molecule has 0 atom stereocenters. The van der Waals surface area contributed by atoms with Gasteiger partial charge in [-0.05, 0) is 73.2 Å². The number of ether oxygens (including phenoxy) is 2. The zero-order chi connectivity index (χ0) is 32.1. The van der Waals surface area contributed by atoms with E-state index in [-0.39, 0.29) is 11.5 Å². The molecule has 0 heterocycles. The summed E-state index contributed by atoms with van der Waals surface area (Å²) in [6, 6.07) is 19.3. The first kappa shape index (κ1) is 35.2. The summed E-state index contributed by atoms with van der Waals surface area (Å²) < 4.78 is 11.3. The highest BCUT2D eigenvalue weighted by Gasteiger charge is 2.12. The molecule has 7 nitrogen and oxygen atoms in total. The van der Waals surface area contributed by atoms with Crippen LogP contribution >= 0.6 is 0 Å². The number of hydrogen-bond donors (Lipinski definition) is 0. The molecule has 0 fully saturated rings. The number of nitro groups is 1. The van der Waals surface area contributed by atoms with Gasteiger partial charge < -0.3 is 9.47 Å². The molecule has 45 heavy (non-hydrogen) atoms. The van der Waals surface area contributed by atoms with Gasteiger partial charge in [0.2, 0.25) is 0 Å². The maximum atomic E-state index is 12.6. The first-order valence-corrected chi connectivity index (χ1v) is 16.5. The molecule has 0 aliphatic heterocycles. The second kappa shape index (κ2) is 20.7. The summed E-state index contributed by atoms with van der Waals surface area (Å²) >= 11 is 0. The van der Waals surface area contributed by atoms with Crippen molar-refractivity contribution in [3.63, 3.8) is 0 Å². The van der Waals surface area contributed by atoms with Crippen molar-refractivity contribution in [1.82, 2.24) is 0 Å². The Labute approximate surface area is 267 Å². The Morgan fingerprint density at radius 3 is 1.76 bits per heavy atom. The van der Waals surface area contributed by atoms with Gasteiger partial charge in [0.05, 0.1) is 22.7 Å². The molecule has 240 valence electrons. The molecule has 0 aromatic heterocycles. The molecule has 3 aromatic rings. The lowest BCUT2D eigenvalue weighted by Gasteiger charge is -2.08. The van der Waals surface area contributed by atoms with Crippen LogP contribution in [-0.4, -0.2) is 23.3 Å². The van der Waals surface area contributed by atoms with E-state index in [0.29, 0.717) is 29.0 Å². The minimum Gasteiger partial charge on any atom is -0.494 e. The van der Waals surface area contributed by atoms with E-state index >= 15 is 0 Å². The number of esters is 1. The molecule has 0 spiro atoms. The molecule has 7 heteroatoms. The molecular formula is C38H47NO6. The fourth-order valence-corrected chi connectivity index (χ4v) is 5.08. The van der Waals surface area contributed by atoms with Crippen molar-refractivity contribution >= 4 is 23.5 Å². The van der Waals surface area contributed by atoms with Gasteiger partial charge in [-0.15, -0.1) is 0 Å². The van der Waals surface area contributed by atoms with Crippen LogP contribution in [-0.2, 0) is 0 Å². The number of carbonyl (C=O) groups excluding carboxylic acids is 2. The second-order valence-corrected chi connectivity index (χ2v) is 11.4. The number of hydrogen-bond acceptors (Lipinski definition) is 6. The number of benzene rings is 3. The third kappa shape index (κ3) is 13.5. The van der Waals surface area contributed by atoms with Crippen LogP contribution in [0.15, 0.2) is 78.9 Å². The number of rotatable bonds is 22. The van der Waals surface area contributed by atoms with E-state index in [1.807, 2.05) is 0 Å². The number of carbonyl (C=O) groups is 2. The van der Waals surface area contributed by atoms with Crippen molar-refractivity contribution in [2.75, 3.05) is 6.61 Å². The molecule has 0 saturated carbocycles. The average molecular weight is 614 g/mol. The fraction of sp³-hybridized carbons (Fsp3) is 0.421. The monoisotopic (exact) mass is 613 g/mol. The lowest BCUT2D eigenvalue weighted by atomic mass is 10.0. The van der Waals surface area contributed by atoms with Crippen LogP contribution in [0.1, 0.15) is 123 Å². The maximum Gasteiger partial charge on any atom is 0.343 e. The zero-order valence-electron chi connectivity index (χ0n) is 26.6. The molecule has 0 amide bonds. The van der Waals surface area contributed by atoms with Crippen molar-refractivity contribution in [1.29, 1.82) is 0 Å². The van der Waals surface area contributed by atoms with Gasteiger partial charge in [-0.2, -0.15) is 0 Å². The summed E-state index contributed by atoms with van der Waals surface area (Å²) in [5.74, 6) is 0.190. The SMILES string of the molecule is CCCCCCCCCCCCCCCCOc1ccc(C(=O)Oc2ccc(C(=O)/C=C/c3ccccc3[N+](=O)[O-])cc2)cc1. The van der Waals surface area contributed by atoms with Gasteiger partial charge in [-0.25, -0.2) is 4.79 Å². The minimum absolute atomic E-state index is 0.0755. The third-order valence-corrected chi connectivity index (χ3v) is 7.75. The zero-order valence-corrected chi connectivity index (χ0v) is 26.6. The highest BCUT2D eigenvalue weighted by atomic mass is 16.6. The van der Waals surface area contributed by atoms with E-state index in [1.165, 1.54) is 107 Å². The normalized spacial score (nSPS) is 11.0. The summed E-state index contributed by atoms with van der Waals surface area (Å²) in [7, 11) is 0. The highest BCUT2D eigenvalue weighted by Crippen LogP contribution is 2.21. The molecule has 0 radical (unpaired) electrons. The van der Waals surface area contributed by atoms with Gasteiger partial charge in [-0.3, -0.25) is 14.9 Å². The predicted octanol–water partition coefficient (Wildman–Crippen LogP) is 10.6. The number of nitrogens with zero attached hydrogens (tertiary/aromatic N) is 1. The number of ketones is 1. The summed E-state index contributed by atoms with van der Waals surface area (Å²) in [4.78, 5) is 35.8. The van der Waals surface area contributed by atoms with Crippen LogP contribution in [0.2, 0.25) is 0 Å². The molecule has 0 unspecified atom stereocenters. The van der Waals surface area contributed by atoms with Gasteiger partial charge in [0.1, 0.15) is 11.5 Å². The lowest BCUT2D eigenvalue weighted by molar-refractivity contribution is -0.385. The first-order valence-electron chi connectivity index (χ1n) is 16.5. The molecule has 3 rings (SSSR count). The van der Waals surface area contributed by atoms with Gasteiger partial charge in [0.15, 0.2) is 5.78 Å². The Morgan fingerprint density at radius 1 is 0.667 bits per heavy atom. The topological polar surface area (TPSA) is 95.7 Å². The fourth-order valence-electron chi connectivity index (χ4n) is 5.08.